The van der Waals surface area contributed by atoms with Gasteiger partial charge in [0.15, 0.2) is 15.6 Å². The second-order valence-electron chi connectivity index (χ2n) is 6.58. The minimum atomic E-state index is -3.78. The number of benzene rings is 2. The number of amides is 1. The topological polar surface area (TPSA) is 114 Å². The first-order valence-corrected chi connectivity index (χ1v) is 11.9. The summed E-state index contributed by atoms with van der Waals surface area (Å²) in [6.45, 7) is 0. The Bertz CT molecular complexity index is 1260. The zero-order valence-corrected chi connectivity index (χ0v) is 17.9. The van der Waals surface area contributed by atoms with E-state index in [4.69, 9.17) is 4.42 Å². The Morgan fingerprint density at radius 1 is 0.900 bits per heavy atom. The van der Waals surface area contributed by atoms with E-state index in [-0.39, 0.29) is 27.0 Å². The third-order valence-electron chi connectivity index (χ3n) is 4.21. The smallest absolute Gasteiger partial charge is 0.291 e. The van der Waals surface area contributed by atoms with Crippen molar-refractivity contribution in [2.24, 2.45) is 0 Å². The van der Waals surface area contributed by atoms with Gasteiger partial charge in [-0.2, -0.15) is 0 Å². The molecule has 3 rings (SSSR count). The molecule has 0 aliphatic carbocycles. The van der Waals surface area contributed by atoms with Crippen molar-refractivity contribution in [3.8, 4) is 0 Å². The van der Waals surface area contributed by atoms with Crippen molar-refractivity contribution in [1.29, 1.82) is 0 Å². The summed E-state index contributed by atoms with van der Waals surface area (Å²) in [5.41, 5.74) is 0.0889. The lowest BCUT2D eigenvalue weighted by molar-refractivity contribution is 0.0995. The van der Waals surface area contributed by atoms with E-state index in [2.05, 4.69) is 5.32 Å². The van der Waals surface area contributed by atoms with Gasteiger partial charge in [-0.15, -0.1) is 0 Å². The van der Waals surface area contributed by atoms with Crippen molar-refractivity contribution in [3.05, 3.63) is 78.3 Å². The van der Waals surface area contributed by atoms with Crippen molar-refractivity contribution >= 4 is 31.5 Å². The summed E-state index contributed by atoms with van der Waals surface area (Å²) in [5, 5.41) is 2.51. The minimum absolute atomic E-state index is 0.0678. The summed E-state index contributed by atoms with van der Waals surface area (Å²) in [7, 11) is -4.63. The molecule has 158 valence electrons. The fraction of sp³-hybridized carbons (Fsp3) is 0.150. The van der Waals surface area contributed by atoms with Gasteiger partial charge in [0.1, 0.15) is 16.4 Å². The molecule has 30 heavy (non-hydrogen) atoms. The first-order valence-electron chi connectivity index (χ1n) is 8.81. The molecule has 10 heteroatoms. The first kappa shape index (κ1) is 21.8. The van der Waals surface area contributed by atoms with E-state index in [9.17, 15) is 21.6 Å². The second-order valence-corrected chi connectivity index (χ2v) is 10.7. The van der Waals surface area contributed by atoms with Crippen LogP contribution in [-0.4, -0.2) is 41.1 Å². The van der Waals surface area contributed by atoms with Crippen LogP contribution in [0.25, 0.3) is 0 Å². The van der Waals surface area contributed by atoms with Gasteiger partial charge in [-0.25, -0.2) is 21.1 Å². The zero-order valence-electron chi connectivity index (χ0n) is 16.3. The maximum atomic E-state index is 12.5. The first-order chi connectivity index (χ1) is 14.1. The average Bonchev–Trinajstić information content (AvgIpc) is 3.17. The quantitative estimate of drug-likeness (QED) is 0.595. The van der Waals surface area contributed by atoms with Crippen LogP contribution < -0.4 is 5.32 Å². The van der Waals surface area contributed by atoms with E-state index in [1.165, 1.54) is 50.5 Å². The van der Waals surface area contributed by atoms with Crippen LogP contribution >= 0.6 is 0 Å². The summed E-state index contributed by atoms with van der Waals surface area (Å²) >= 11 is 0. The van der Waals surface area contributed by atoms with Gasteiger partial charge in [-0.3, -0.25) is 4.79 Å². The van der Waals surface area contributed by atoms with Crippen molar-refractivity contribution in [2.75, 3.05) is 19.4 Å². The highest BCUT2D eigenvalue weighted by molar-refractivity contribution is 7.90. The minimum Gasteiger partial charge on any atom is -0.455 e. The number of hydrogen-bond donors (Lipinski definition) is 1. The van der Waals surface area contributed by atoms with E-state index < -0.39 is 31.5 Å². The van der Waals surface area contributed by atoms with E-state index in [0.717, 1.165) is 4.31 Å². The summed E-state index contributed by atoms with van der Waals surface area (Å²) in [6, 6.07) is 16.6. The summed E-state index contributed by atoms with van der Waals surface area (Å²) < 4.78 is 56.3. The maximum Gasteiger partial charge on any atom is 0.291 e. The van der Waals surface area contributed by atoms with Crippen LogP contribution in [-0.2, 0) is 25.6 Å². The lowest BCUT2D eigenvalue weighted by Gasteiger charge is -2.15. The molecule has 0 atom stereocenters. The van der Waals surface area contributed by atoms with Crippen LogP contribution in [0, 0.1) is 0 Å². The molecular weight excluding hydrogens is 428 g/mol. The molecule has 1 N–H and O–H groups in total. The van der Waals surface area contributed by atoms with Gasteiger partial charge in [0.25, 0.3) is 5.91 Å². The molecule has 0 saturated heterocycles. The van der Waals surface area contributed by atoms with E-state index in [1.54, 1.807) is 30.3 Å². The van der Waals surface area contributed by atoms with Crippen LogP contribution in [0.1, 0.15) is 16.3 Å². The molecule has 3 aromatic rings. The highest BCUT2D eigenvalue weighted by Gasteiger charge is 2.23. The van der Waals surface area contributed by atoms with Crippen molar-refractivity contribution < 1.29 is 26.0 Å². The van der Waals surface area contributed by atoms with Crippen LogP contribution in [0.2, 0.25) is 0 Å². The number of furan rings is 1. The van der Waals surface area contributed by atoms with Gasteiger partial charge in [0.05, 0.1) is 10.6 Å². The number of nitrogens with one attached hydrogen (secondary N) is 1. The van der Waals surface area contributed by atoms with Crippen LogP contribution in [0.5, 0.6) is 0 Å². The zero-order chi connectivity index (χ0) is 21.9. The Balaban J connectivity index is 1.80. The van der Waals surface area contributed by atoms with Gasteiger partial charge in [0, 0.05) is 14.1 Å². The number of sulfone groups is 1. The van der Waals surface area contributed by atoms with Gasteiger partial charge < -0.3 is 9.73 Å². The number of para-hydroxylation sites is 1. The molecule has 0 aliphatic rings. The number of carbonyl (C=O) groups is 1. The second kappa shape index (κ2) is 8.42. The third kappa shape index (κ3) is 4.61. The molecule has 0 unspecified atom stereocenters. The van der Waals surface area contributed by atoms with E-state index in [1.807, 2.05) is 0 Å². The Kier molecular flexibility index (Phi) is 6.11. The predicted octanol–water partition coefficient (Wildman–Crippen LogP) is 2.76. The molecule has 0 fully saturated rings. The molecule has 2 aromatic carbocycles. The van der Waals surface area contributed by atoms with Gasteiger partial charge in [-0.1, -0.05) is 30.3 Å². The number of hydrogen-bond acceptors (Lipinski definition) is 6. The van der Waals surface area contributed by atoms with Crippen molar-refractivity contribution in [3.63, 3.8) is 0 Å². The van der Waals surface area contributed by atoms with Crippen LogP contribution in [0.3, 0.4) is 0 Å². The van der Waals surface area contributed by atoms with Gasteiger partial charge in [0.2, 0.25) is 10.0 Å². The number of anilines is 1. The van der Waals surface area contributed by atoms with Crippen molar-refractivity contribution in [1.82, 2.24) is 4.31 Å². The fourth-order valence-corrected chi connectivity index (χ4v) is 4.96. The van der Waals surface area contributed by atoms with Crippen molar-refractivity contribution in [2.45, 2.75) is 15.5 Å². The molecule has 0 aliphatic heterocycles. The number of rotatable bonds is 7. The molecule has 1 aromatic heterocycles. The number of nitrogens with zero attached hydrogens (tertiary/aromatic N) is 1. The number of sulfonamides is 1. The summed E-state index contributed by atoms with van der Waals surface area (Å²) in [4.78, 5) is 12.6. The van der Waals surface area contributed by atoms with Crippen LogP contribution in [0.4, 0.5) is 5.69 Å². The van der Waals surface area contributed by atoms with Crippen LogP contribution in [0.15, 0.2) is 80.9 Å². The maximum absolute atomic E-state index is 12.5. The molecule has 0 bridgehead atoms. The Labute approximate surface area is 175 Å². The largest absolute Gasteiger partial charge is 0.455 e. The lowest BCUT2D eigenvalue weighted by atomic mass is 10.3. The summed E-state index contributed by atoms with van der Waals surface area (Å²) in [5.74, 6) is -1.14. The fourth-order valence-electron chi connectivity index (χ4n) is 2.65. The molecular formula is C20H20N2O6S2. The Morgan fingerprint density at radius 2 is 1.53 bits per heavy atom. The average molecular weight is 449 g/mol. The third-order valence-corrected chi connectivity index (χ3v) is 7.74. The number of carbonyl (C=O) groups excluding carboxylic acids is 1. The standard InChI is InChI=1S/C20H20N2O6S2/c1-22(2)30(26,27)19-11-7-6-10-17(19)21-20(23)18-13-12-15(28-18)14-29(24,25)16-8-4-3-5-9-16/h3-13H,14H2,1-2H3,(H,21,23). The highest BCUT2D eigenvalue weighted by Crippen LogP contribution is 2.24. The normalized spacial score (nSPS) is 12.1. The van der Waals surface area contributed by atoms with E-state index in [0.29, 0.717) is 0 Å². The van der Waals surface area contributed by atoms with E-state index >= 15 is 0 Å². The van der Waals surface area contributed by atoms with Gasteiger partial charge in [-0.05, 0) is 36.4 Å². The monoisotopic (exact) mass is 448 g/mol. The summed E-state index contributed by atoms with van der Waals surface area (Å²) in [6.07, 6.45) is 0. The molecule has 1 heterocycles. The molecule has 8 nitrogen and oxygen atoms in total. The SMILES string of the molecule is CN(C)S(=O)(=O)c1ccccc1NC(=O)c1ccc(CS(=O)(=O)c2ccccc2)o1. The molecule has 0 spiro atoms. The molecule has 1 amide bonds. The molecule has 0 radical (unpaired) electrons. The molecule has 0 saturated carbocycles. The Morgan fingerprint density at radius 3 is 2.20 bits per heavy atom. The lowest BCUT2D eigenvalue weighted by Crippen LogP contribution is -2.24. The highest BCUT2D eigenvalue weighted by atomic mass is 32.2. The van der Waals surface area contributed by atoms with Gasteiger partial charge >= 0.3 is 0 Å². The Hall–Kier alpha value is -2.95. The predicted molar refractivity (Wildman–Crippen MR) is 111 cm³/mol.